The van der Waals surface area contributed by atoms with Crippen LogP contribution in [0.15, 0.2) is 12.3 Å². The third-order valence-corrected chi connectivity index (χ3v) is 2.86. The van der Waals surface area contributed by atoms with Crippen LogP contribution in [0, 0.1) is 11.8 Å². The summed E-state index contributed by atoms with van der Waals surface area (Å²) >= 11 is 5.72. The second kappa shape index (κ2) is 4.13. The minimum Gasteiger partial charge on any atom is -0.383 e. The molecule has 76 valence electrons. The second-order valence-electron chi connectivity index (χ2n) is 3.96. The van der Waals surface area contributed by atoms with Crippen LogP contribution in [-0.4, -0.2) is 16.7 Å². The third kappa shape index (κ3) is 2.58. The summed E-state index contributed by atoms with van der Waals surface area (Å²) in [4.78, 5) is 0. The largest absolute Gasteiger partial charge is 0.383 e. The summed E-state index contributed by atoms with van der Waals surface area (Å²) in [6, 6.07) is 1.80. The average molecular weight is 212 g/mol. The van der Waals surface area contributed by atoms with Gasteiger partial charge in [0.15, 0.2) is 5.15 Å². The lowest BCUT2D eigenvalue weighted by Gasteiger charge is -2.11. The molecule has 3 nitrogen and oxygen atoms in total. The Morgan fingerprint density at radius 1 is 1.64 bits per heavy atom. The van der Waals surface area contributed by atoms with Crippen molar-refractivity contribution in [3.63, 3.8) is 0 Å². The lowest BCUT2D eigenvalue weighted by Crippen LogP contribution is -2.13. The van der Waals surface area contributed by atoms with E-state index in [9.17, 15) is 0 Å². The molecule has 1 aromatic rings. The molecule has 0 bridgehead atoms. The number of hydrogen-bond acceptors (Lipinski definition) is 3. The highest BCUT2D eigenvalue weighted by Gasteiger charge is 2.27. The lowest BCUT2D eigenvalue weighted by molar-refractivity contribution is 0.536. The van der Waals surface area contributed by atoms with Gasteiger partial charge in [0.25, 0.3) is 0 Å². The minimum absolute atomic E-state index is 0.439. The lowest BCUT2D eigenvalue weighted by atomic mass is 10.1. The minimum atomic E-state index is 0.439. The Bertz CT molecular complexity index is 312. The van der Waals surface area contributed by atoms with E-state index in [-0.39, 0.29) is 0 Å². The van der Waals surface area contributed by atoms with E-state index in [1.807, 2.05) is 0 Å². The van der Waals surface area contributed by atoms with Crippen molar-refractivity contribution >= 4 is 17.3 Å². The van der Waals surface area contributed by atoms with Gasteiger partial charge < -0.3 is 5.32 Å². The van der Waals surface area contributed by atoms with E-state index in [2.05, 4.69) is 22.4 Å². The molecule has 4 heteroatoms. The standard InChI is InChI=1S/C10H14ClN3/c1-7(8-2-3-8)5-12-9-4-10(11)14-13-6-9/h4,6-8H,2-3,5H2,1H3,(H,12,14). The number of halogens is 1. The van der Waals surface area contributed by atoms with E-state index >= 15 is 0 Å². The van der Waals surface area contributed by atoms with E-state index < -0.39 is 0 Å². The first-order valence-electron chi connectivity index (χ1n) is 4.98. The summed E-state index contributed by atoms with van der Waals surface area (Å²) < 4.78 is 0. The van der Waals surface area contributed by atoms with E-state index in [1.54, 1.807) is 12.3 Å². The van der Waals surface area contributed by atoms with Gasteiger partial charge in [-0.25, -0.2) is 0 Å². The molecule has 0 amide bonds. The number of aromatic nitrogens is 2. The Labute approximate surface area is 88.9 Å². The first-order valence-corrected chi connectivity index (χ1v) is 5.35. The maximum absolute atomic E-state index is 5.72. The predicted molar refractivity (Wildman–Crippen MR) is 57.4 cm³/mol. The predicted octanol–water partition coefficient (Wildman–Crippen LogP) is 2.59. The zero-order valence-corrected chi connectivity index (χ0v) is 8.96. The Morgan fingerprint density at radius 3 is 3.07 bits per heavy atom. The van der Waals surface area contributed by atoms with E-state index in [0.29, 0.717) is 5.15 Å². The van der Waals surface area contributed by atoms with Gasteiger partial charge in [0.05, 0.1) is 11.9 Å². The van der Waals surface area contributed by atoms with E-state index in [4.69, 9.17) is 11.6 Å². The van der Waals surface area contributed by atoms with Gasteiger partial charge in [-0.3, -0.25) is 0 Å². The highest BCUT2D eigenvalue weighted by molar-refractivity contribution is 6.29. The van der Waals surface area contributed by atoms with Crippen LogP contribution in [0.2, 0.25) is 5.15 Å². The molecule has 1 atom stereocenters. The smallest absolute Gasteiger partial charge is 0.153 e. The van der Waals surface area contributed by atoms with Gasteiger partial charge in [0.2, 0.25) is 0 Å². The Kier molecular flexibility index (Phi) is 2.87. The molecule has 0 radical (unpaired) electrons. The van der Waals surface area contributed by atoms with Crippen LogP contribution in [0.5, 0.6) is 0 Å². The van der Waals surface area contributed by atoms with Crippen molar-refractivity contribution in [3.8, 4) is 0 Å². The van der Waals surface area contributed by atoms with Crippen molar-refractivity contribution in [2.45, 2.75) is 19.8 Å². The fraction of sp³-hybridized carbons (Fsp3) is 0.600. The molecule has 1 N–H and O–H groups in total. The van der Waals surface area contributed by atoms with Gasteiger partial charge in [-0.1, -0.05) is 18.5 Å². The van der Waals surface area contributed by atoms with Gasteiger partial charge in [-0.2, -0.15) is 5.10 Å². The number of nitrogens with one attached hydrogen (secondary N) is 1. The van der Waals surface area contributed by atoms with Crippen molar-refractivity contribution in [2.75, 3.05) is 11.9 Å². The molecular formula is C10H14ClN3. The van der Waals surface area contributed by atoms with Crippen LogP contribution in [0.3, 0.4) is 0 Å². The maximum Gasteiger partial charge on any atom is 0.153 e. The number of hydrogen-bond donors (Lipinski definition) is 1. The first-order chi connectivity index (χ1) is 6.75. The topological polar surface area (TPSA) is 37.8 Å². The van der Waals surface area contributed by atoms with Crippen molar-refractivity contribution in [1.29, 1.82) is 0 Å². The molecule has 0 aromatic carbocycles. The fourth-order valence-electron chi connectivity index (χ4n) is 1.55. The molecule has 2 rings (SSSR count). The maximum atomic E-state index is 5.72. The third-order valence-electron chi connectivity index (χ3n) is 2.68. The highest BCUT2D eigenvalue weighted by Crippen LogP contribution is 2.36. The Morgan fingerprint density at radius 2 is 2.43 bits per heavy atom. The Hall–Kier alpha value is -0.830. The Balaban J connectivity index is 1.84. The van der Waals surface area contributed by atoms with Crippen molar-refractivity contribution in [1.82, 2.24) is 10.2 Å². The first kappa shape index (κ1) is 9.71. The summed E-state index contributed by atoms with van der Waals surface area (Å²) in [5.41, 5.74) is 0.956. The molecule has 1 aliphatic carbocycles. The van der Waals surface area contributed by atoms with Crippen LogP contribution >= 0.6 is 11.6 Å². The molecule has 0 saturated heterocycles. The number of anilines is 1. The van der Waals surface area contributed by atoms with Crippen LogP contribution in [0.25, 0.3) is 0 Å². The van der Waals surface area contributed by atoms with Gasteiger partial charge in [0.1, 0.15) is 0 Å². The van der Waals surface area contributed by atoms with Gasteiger partial charge in [-0.05, 0) is 24.7 Å². The molecule has 14 heavy (non-hydrogen) atoms. The van der Waals surface area contributed by atoms with Crippen LogP contribution < -0.4 is 5.32 Å². The zero-order valence-electron chi connectivity index (χ0n) is 8.20. The summed E-state index contributed by atoms with van der Waals surface area (Å²) in [6.45, 7) is 3.27. The molecule has 1 aliphatic rings. The van der Waals surface area contributed by atoms with Crippen LogP contribution in [-0.2, 0) is 0 Å². The quantitative estimate of drug-likeness (QED) is 0.832. The van der Waals surface area contributed by atoms with Gasteiger partial charge in [0, 0.05) is 12.6 Å². The molecule has 1 heterocycles. The highest BCUT2D eigenvalue weighted by atomic mass is 35.5. The molecule has 1 fully saturated rings. The summed E-state index contributed by atoms with van der Waals surface area (Å²) in [5.74, 6) is 1.66. The molecular weight excluding hydrogens is 198 g/mol. The van der Waals surface area contributed by atoms with Crippen molar-refractivity contribution < 1.29 is 0 Å². The van der Waals surface area contributed by atoms with Crippen LogP contribution in [0.4, 0.5) is 5.69 Å². The number of nitrogens with zero attached hydrogens (tertiary/aromatic N) is 2. The summed E-state index contributed by atoms with van der Waals surface area (Å²) in [7, 11) is 0. The van der Waals surface area contributed by atoms with E-state index in [1.165, 1.54) is 12.8 Å². The molecule has 1 unspecified atom stereocenters. The van der Waals surface area contributed by atoms with Crippen molar-refractivity contribution in [2.24, 2.45) is 11.8 Å². The summed E-state index contributed by atoms with van der Waals surface area (Å²) in [5, 5.41) is 11.2. The molecule has 0 spiro atoms. The molecule has 1 aromatic heterocycles. The molecule has 1 saturated carbocycles. The fourth-order valence-corrected chi connectivity index (χ4v) is 1.71. The summed E-state index contributed by atoms with van der Waals surface area (Å²) in [6.07, 6.45) is 4.47. The van der Waals surface area contributed by atoms with Gasteiger partial charge >= 0.3 is 0 Å². The number of rotatable bonds is 4. The normalized spacial score (nSPS) is 17.9. The SMILES string of the molecule is CC(CNc1cnnc(Cl)c1)C1CC1. The van der Waals surface area contributed by atoms with Gasteiger partial charge in [-0.15, -0.1) is 5.10 Å². The molecule has 0 aliphatic heterocycles. The second-order valence-corrected chi connectivity index (χ2v) is 4.35. The van der Waals surface area contributed by atoms with E-state index in [0.717, 1.165) is 24.1 Å². The van der Waals surface area contributed by atoms with Crippen LogP contribution in [0.1, 0.15) is 19.8 Å². The van der Waals surface area contributed by atoms with Crippen molar-refractivity contribution in [3.05, 3.63) is 17.4 Å². The zero-order chi connectivity index (χ0) is 9.97. The monoisotopic (exact) mass is 211 g/mol. The average Bonchev–Trinajstić information content (AvgIpc) is 2.97.